The number of nitrogens with zero attached hydrogens (tertiary/aromatic N) is 1. The Morgan fingerprint density at radius 3 is 2.73 bits per heavy atom. The lowest BCUT2D eigenvalue weighted by atomic mass is 10.1. The minimum absolute atomic E-state index is 0.132. The van der Waals surface area contributed by atoms with Crippen LogP contribution in [0.15, 0.2) is 17.0 Å². The summed E-state index contributed by atoms with van der Waals surface area (Å²) in [5, 5.41) is 3.29. The van der Waals surface area contributed by atoms with Crippen LogP contribution < -0.4 is 5.32 Å². The standard InChI is InChI=1S/C8H14N2O/c1-8(2,3)10-5-7-4-9-6-11-7/h4,6,10H,5H2,1-3H3. The van der Waals surface area contributed by atoms with Gasteiger partial charge in [-0.15, -0.1) is 0 Å². The van der Waals surface area contributed by atoms with Crippen molar-refractivity contribution in [3.05, 3.63) is 18.4 Å². The number of hydrogen-bond donors (Lipinski definition) is 1. The molecule has 0 aromatic carbocycles. The van der Waals surface area contributed by atoms with Crippen molar-refractivity contribution in [2.75, 3.05) is 0 Å². The van der Waals surface area contributed by atoms with E-state index in [1.165, 1.54) is 6.39 Å². The molecule has 1 heterocycles. The van der Waals surface area contributed by atoms with Gasteiger partial charge in [0.15, 0.2) is 6.39 Å². The molecule has 11 heavy (non-hydrogen) atoms. The van der Waals surface area contributed by atoms with Gasteiger partial charge in [-0.2, -0.15) is 0 Å². The van der Waals surface area contributed by atoms with Crippen molar-refractivity contribution in [3.8, 4) is 0 Å². The fraction of sp³-hybridized carbons (Fsp3) is 0.625. The van der Waals surface area contributed by atoms with Crippen molar-refractivity contribution in [1.82, 2.24) is 10.3 Å². The maximum absolute atomic E-state index is 5.06. The maximum atomic E-state index is 5.06. The number of rotatable bonds is 2. The fourth-order valence-electron chi connectivity index (χ4n) is 0.682. The van der Waals surface area contributed by atoms with Crippen molar-refractivity contribution in [3.63, 3.8) is 0 Å². The van der Waals surface area contributed by atoms with E-state index in [0.29, 0.717) is 0 Å². The summed E-state index contributed by atoms with van der Waals surface area (Å²) in [7, 11) is 0. The van der Waals surface area contributed by atoms with Gasteiger partial charge in [-0.1, -0.05) is 0 Å². The predicted molar refractivity (Wildman–Crippen MR) is 43.1 cm³/mol. The average molecular weight is 154 g/mol. The lowest BCUT2D eigenvalue weighted by Gasteiger charge is -2.19. The van der Waals surface area contributed by atoms with Crippen LogP contribution in [0.4, 0.5) is 0 Å². The normalized spacial score (nSPS) is 11.9. The van der Waals surface area contributed by atoms with E-state index in [4.69, 9.17) is 4.42 Å². The van der Waals surface area contributed by atoms with E-state index in [9.17, 15) is 0 Å². The highest BCUT2D eigenvalue weighted by Crippen LogP contribution is 2.02. The molecule has 1 aromatic rings. The highest BCUT2D eigenvalue weighted by molar-refractivity contribution is 4.88. The zero-order chi connectivity index (χ0) is 8.32. The van der Waals surface area contributed by atoms with E-state index in [2.05, 4.69) is 31.1 Å². The largest absolute Gasteiger partial charge is 0.447 e. The molecule has 3 heteroatoms. The van der Waals surface area contributed by atoms with E-state index < -0.39 is 0 Å². The van der Waals surface area contributed by atoms with Crippen LogP contribution in [-0.4, -0.2) is 10.5 Å². The molecule has 0 aliphatic carbocycles. The monoisotopic (exact) mass is 154 g/mol. The molecule has 0 bridgehead atoms. The van der Waals surface area contributed by atoms with Gasteiger partial charge in [0.25, 0.3) is 0 Å². The van der Waals surface area contributed by atoms with Gasteiger partial charge in [0, 0.05) is 5.54 Å². The second-order valence-electron chi connectivity index (χ2n) is 3.57. The summed E-state index contributed by atoms with van der Waals surface area (Å²) in [6, 6.07) is 0. The molecular weight excluding hydrogens is 140 g/mol. The fourth-order valence-corrected chi connectivity index (χ4v) is 0.682. The van der Waals surface area contributed by atoms with Crippen molar-refractivity contribution >= 4 is 0 Å². The van der Waals surface area contributed by atoms with Crippen LogP contribution in [0.2, 0.25) is 0 Å². The Morgan fingerprint density at radius 2 is 2.27 bits per heavy atom. The molecule has 1 N–H and O–H groups in total. The minimum Gasteiger partial charge on any atom is -0.447 e. The first-order chi connectivity index (χ1) is 5.08. The summed E-state index contributed by atoms with van der Waals surface area (Å²) in [6.45, 7) is 7.08. The van der Waals surface area contributed by atoms with Gasteiger partial charge in [0.2, 0.25) is 0 Å². The van der Waals surface area contributed by atoms with Crippen molar-refractivity contribution in [2.24, 2.45) is 0 Å². The zero-order valence-electron chi connectivity index (χ0n) is 7.22. The Kier molecular flexibility index (Phi) is 2.29. The van der Waals surface area contributed by atoms with Gasteiger partial charge in [0.05, 0.1) is 12.7 Å². The summed E-state index contributed by atoms with van der Waals surface area (Å²) in [4.78, 5) is 3.82. The van der Waals surface area contributed by atoms with E-state index in [0.717, 1.165) is 12.3 Å². The quantitative estimate of drug-likeness (QED) is 0.702. The third kappa shape index (κ3) is 3.18. The average Bonchev–Trinajstić information content (AvgIpc) is 2.32. The highest BCUT2D eigenvalue weighted by atomic mass is 16.3. The summed E-state index contributed by atoms with van der Waals surface area (Å²) in [5.41, 5.74) is 0.132. The topological polar surface area (TPSA) is 38.1 Å². The molecular formula is C8H14N2O. The molecule has 1 aromatic heterocycles. The van der Waals surface area contributed by atoms with Crippen LogP contribution in [0.3, 0.4) is 0 Å². The Bertz CT molecular complexity index is 198. The Hall–Kier alpha value is -0.830. The molecule has 0 atom stereocenters. The molecule has 0 unspecified atom stereocenters. The van der Waals surface area contributed by atoms with Crippen LogP contribution >= 0.6 is 0 Å². The highest BCUT2D eigenvalue weighted by Gasteiger charge is 2.08. The molecule has 0 aliphatic heterocycles. The van der Waals surface area contributed by atoms with Gasteiger partial charge < -0.3 is 9.73 Å². The van der Waals surface area contributed by atoms with Gasteiger partial charge >= 0.3 is 0 Å². The SMILES string of the molecule is CC(C)(C)NCc1cnco1. The molecule has 0 amide bonds. The van der Waals surface area contributed by atoms with Crippen LogP contribution in [0.1, 0.15) is 26.5 Å². The Labute approximate surface area is 66.8 Å². The predicted octanol–water partition coefficient (Wildman–Crippen LogP) is 1.56. The summed E-state index contributed by atoms with van der Waals surface area (Å²) < 4.78 is 5.06. The smallest absolute Gasteiger partial charge is 0.180 e. The van der Waals surface area contributed by atoms with Crippen molar-refractivity contribution in [2.45, 2.75) is 32.9 Å². The third-order valence-electron chi connectivity index (χ3n) is 1.28. The van der Waals surface area contributed by atoms with Crippen molar-refractivity contribution in [1.29, 1.82) is 0 Å². The molecule has 0 fully saturated rings. The van der Waals surface area contributed by atoms with Gasteiger partial charge in [-0.3, -0.25) is 0 Å². The first-order valence-electron chi connectivity index (χ1n) is 3.70. The minimum atomic E-state index is 0.132. The molecule has 62 valence electrons. The number of oxazole rings is 1. The number of hydrogen-bond acceptors (Lipinski definition) is 3. The summed E-state index contributed by atoms with van der Waals surface area (Å²) >= 11 is 0. The first kappa shape index (κ1) is 8.27. The summed E-state index contributed by atoms with van der Waals surface area (Å²) in [6.07, 6.45) is 3.17. The van der Waals surface area contributed by atoms with Gasteiger partial charge in [0.1, 0.15) is 5.76 Å². The van der Waals surface area contributed by atoms with E-state index in [-0.39, 0.29) is 5.54 Å². The van der Waals surface area contributed by atoms with Crippen LogP contribution in [0.25, 0.3) is 0 Å². The Morgan fingerprint density at radius 1 is 1.55 bits per heavy atom. The molecule has 0 saturated carbocycles. The van der Waals surface area contributed by atoms with Crippen LogP contribution in [0, 0.1) is 0 Å². The lowest BCUT2D eigenvalue weighted by Crippen LogP contribution is -2.34. The summed E-state index contributed by atoms with van der Waals surface area (Å²) in [5.74, 6) is 0.875. The third-order valence-corrected chi connectivity index (χ3v) is 1.28. The van der Waals surface area contributed by atoms with E-state index in [1.54, 1.807) is 6.20 Å². The second-order valence-corrected chi connectivity index (χ2v) is 3.57. The molecule has 0 saturated heterocycles. The second kappa shape index (κ2) is 3.05. The van der Waals surface area contributed by atoms with Gasteiger partial charge in [-0.05, 0) is 20.8 Å². The maximum Gasteiger partial charge on any atom is 0.180 e. The molecule has 0 spiro atoms. The Balaban J connectivity index is 2.35. The van der Waals surface area contributed by atoms with E-state index in [1.807, 2.05) is 0 Å². The molecule has 1 rings (SSSR count). The zero-order valence-corrected chi connectivity index (χ0v) is 7.22. The first-order valence-corrected chi connectivity index (χ1v) is 3.70. The molecule has 3 nitrogen and oxygen atoms in total. The van der Waals surface area contributed by atoms with Crippen LogP contribution in [0.5, 0.6) is 0 Å². The molecule has 0 radical (unpaired) electrons. The number of nitrogens with one attached hydrogen (secondary N) is 1. The van der Waals surface area contributed by atoms with Crippen molar-refractivity contribution < 1.29 is 4.42 Å². The van der Waals surface area contributed by atoms with Gasteiger partial charge in [-0.25, -0.2) is 4.98 Å². The number of aromatic nitrogens is 1. The van der Waals surface area contributed by atoms with E-state index >= 15 is 0 Å². The molecule has 0 aliphatic rings. The lowest BCUT2D eigenvalue weighted by molar-refractivity contribution is 0.388. The van der Waals surface area contributed by atoms with Crippen LogP contribution in [-0.2, 0) is 6.54 Å².